The molecule has 0 fully saturated rings. The zero-order valence-electron chi connectivity index (χ0n) is 21.2. The summed E-state index contributed by atoms with van der Waals surface area (Å²) in [4.78, 5) is 26.6. The van der Waals surface area contributed by atoms with Crippen molar-refractivity contribution < 1.29 is 33.3 Å². The first-order valence-corrected chi connectivity index (χ1v) is 12.8. The number of ether oxygens (including phenoxy) is 5. The van der Waals surface area contributed by atoms with Crippen molar-refractivity contribution in [1.29, 1.82) is 0 Å². The Bertz CT molecular complexity index is 1100. The van der Waals surface area contributed by atoms with Crippen LogP contribution in [0.25, 0.3) is 0 Å². The van der Waals surface area contributed by atoms with E-state index in [4.69, 9.17) is 35.3 Å². The number of hydrogen-bond acceptors (Lipinski definition) is 7. The zero-order valence-corrected chi connectivity index (χ0v) is 22.0. The van der Waals surface area contributed by atoms with Crippen molar-refractivity contribution in [3.8, 4) is 11.5 Å². The molecule has 0 spiro atoms. The lowest BCUT2D eigenvalue weighted by Crippen LogP contribution is -2.18. The minimum Gasteiger partial charge on any atom is -0.466 e. The molecule has 7 nitrogen and oxygen atoms in total. The first-order chi connectivity index (χ1) is 18.0. The van der Waals surface area contributed by atoms with Crippen molar-refractivity contribution in [3.63, 3.8) is 0 Å². The van der Waals surface area contributed by atoms with Gasteiger partial charge in [0.2, 0.25) is 0 Å². The number of cyclic esters (lactones) is 1. The van der Waals surface area contributed by atoms with Gasteiger partial charge in [-0.2, -0.15) is 0 Å². The number of allylic oxidation sites excluding steroid dienone is 3. The average Bonchev–Trinajstić information content (AvgIpc) is 2.90. The summed E-state index contributed by atoms with van der Waals surface area (Å²) >= 11 is 6.71. The lowest BCUT2D eigenvalue weighted by molar-refractivity contribution is -0.114. The predicted molar refractivity (Wildman–Crippen MR) is 141 cm³/mol. The van der Waals surface area contributed by atoms with Gasteiger partial charge in [-0.25, -0.2) is 4.79 Å². The highest BCUT2D eigenvalue weighted by molar-refractivity contribution is 6.33. The minimum atomic E-state index is -0.657. The van der Waals surface area contributed by atoms with E-state index in [1.165, 1.54) is 12.1 Å². The van der Waals surface area contributed by atoms with Crippen LogP contribution in [-0.2, 0) is 25.4 Å². The number of carbonyl (C=O) groups excluding carboxylic acids is 2. The van der Waals surface area contributed by atoms with Gasteiger partial charge in [0.25, 0.3) is 0 Å². The molecule has 0 aromatic heterocycles. The van der Waals surface area contributed by atoms with Crippen LogP contribution in [0.5, 0.6) is 11.5 Å². The normalized spacial score (nSPS) is 17.4. The van der Waals surface area contributed by atoms with Gasteiger partial charge in [-0.1, -0.05) is 60.2 Å². The second kappa shape index (κ2) is 15.2. The molecule has 1 heterocycles. The standard InChI is InChI=1S/C29H33ClO7/c1-3-33-19-35-25-18-26(36-20-34-4-2)28(30)23-17-22(31)15-11-6-5-7-12-16-24(37-29(32)27(23)25)21-13-9-8-10-14-21/h7-15,18,24H,3-6,16-17,19-20H2,1-2H3/b12-7+,15-11?/t24-/m0/s1. The average molecular weight is 529 g/mol. The fraction of sp³-hybridized carbons (Fsp3) is 0.379. The zero-order chi connectivity index (χ0) is 26.5. The highest BCUT2D eigenvalue weighted by Crippen LogP contribution is 2.39. The van der Waals surface area contributed by atoms with E-state index in [1.807, 2.05) is 62.4 Å². The van der Waals surface area contributed by atoms with E-state index in [-0.39, 0.29) is 53.4 Å². The highest BCUT2D eigenvalue weighted by Gasteiger charge is 2.29. The minimum absolute atomic E-state index is 0.0549. The molecule has 3 rings (SSSR count). The SMILES string of the molecule is CCOCOc1cc(OCOCC)c2c(c1Cl)CC(=O)C=CCC/C=C/C[C@@H](c1ccccc1)OC2=O. The van der Waals surface area contributed by atoms with E-state index in [9.17, 15) is 9.59 Å². The van der Waals surface area contributed by atoms with Crippen LogP contribution in [0.1, 0.15) is 60.7 Å². The highest BCUT2D eigenvalue weighted by atomic mass is 35.5. The van der Waals surface area contributed by atoms with Crippen molar-refractivity contribution in [1.82, 2.24) is 0 Å². The summed E-state index contributed by atoms with van der Waals surface area (Å²) in [6.07, 6.45) is 8.62. The number of rotatable bonds is 9. The predicted octanol–water partition coefficient (Wildman–Crippen LogP) is 6.39. The van der Waals surface area contributed by atoms with Gasteiger partial charge in [0, 0.05) is 37.7 Å². The molecule has 0 saturated heterocycles. The topological polar surface area (TPSA) is 80.3 Å². The van der Waals surface area contributed by atoms with Gasteiger partial charge in [0.1, 0.15) is 23.2 Å². The number of halogens is 1. The third-order valence-electron chi connectivity index (χ3n) is 5.59. The van der Waals surface area contributed by atoms with Crippen LogP contribution < -0.4 is 9.47 Å². The maximum absolute atomic E-state index is 13.7. The molecule has 8 heteroatoms. The van der Waals surface area contributed by atoms with Crippen LogP contribution in [0.15, 0.2) is 60.7 Å². The Labute approximate surface area is 223 Å². The van der Waals surface area contributed by atoms with E-state index in [1.54, 1.807) is 0 Å². The molecule has 0 saturated carbocycles. The quantitative estimate of drug-likeness (QED) is 0.161. The molecule has 0 radical (unpaired) electrons. The summed E-state index contributed by atoms with van der Waals surface area (Å²) in [5.74, 6) is -0.491. The van der Waals surface area contributed by atoms with Crippen molar-refractivity contribution in [2.75, 3.05) is 26.8 Å². The van der Waals surface area contributed by atoms with Gasteiger partial charge in [-0.15, -0.1) is 0 Å². The summed E-state index contributed by atoms with van der Waals surface area (Å²) in [6, 6.07) is 11.0. The largest absolute Gasteiger partial charge is 0.466 e. The van der Waals surface area contributed by atoms with Crippen molar-refractivity contribution in [2.24, 2.45) is 0 Å². The molecule has 2 aromatic carbocycles. The molecule has 0 N–H and O–H groups in total. The molecule has 1 atom stereocenters. The third-order valence-corrected chi connectivity index (χ3v) is 6.01. The van der Waals surface area contributed by atoms with Gasteiger partial charge in [0.15, 0.2) is 19.4 Å². The molecule has 2 aromatic rings. The van der Waals surface area contributed by atoms with Crippen LogP contribution in [0, 0.1) is 0 Å². The van der Waals surface area contributed by atoms with E-state index < -0.39 is 12.1 Å². The number of ketones is 1. The molecule has 0 unspecified atom stereocenters. The first-order valence-electron chi connectivity index (χ1n) is 12.4. The van der Waals surface area contributed by atoms with Gasteiger partial charge in [0.05, 0.1) is 5.02 Å². The Hall–Kier alpha value is -3.13. The maximum atomic E-state index is 13.7. The number of esters is 1. The molecule has 198 valence electrons. The number of fused-ring (bicyclic) bond motifs is 1. The van der Waals surface area contributed by atoms with E-state index in [0.717, 1.165) is 12.0 Å². The van der Waals surface area contributed by atoms with Crippen LogP contribution >= 0.6 is 11.6 Å². The Kier molecular flexibility index (Phi) is 11.7. The summed E-state index contributed by atoms with van der Waals surface area (Å²) in [5, 5.41) is 0.125. The van der Waals surface area contributed by atoms with E-state index in [0.29, 0.717) is 26.1 Å². The van der Waals surface area contributed by atoms with Crippen LogP contribution in [0.3, 0.4) is 0 Å². The fourth-order valence-electron chi connectivity index (χ4n) is 3.73. The Balaban J connectivity index is 2.11. The third kappa shape index (κ3) is 8.45. The Morgan fingerprint density at radius 1 is 0.919 bits per heavy atom. The smallest absolute Gasteiger partial charge is 0.342 e. The first kappa shape index (κ1) is 28.4. The molecular formula is C29H33ClO7. The second-order valence-electron chi connectivity index (χ2n) is 8.18. The summed E-state index contributed by atoms with van der Waals surface area (Å²) in [5.41, 5.74) is 1.18. The summed E-state index contributed by atoms with van der Waals surface area (Å²) in [7, 11) is 0. The maximum Gasteiger partial charge on any atom is 0.342 e. The molecule has 0 aliphatic carbocycles. The number of carbonyl (C=O) groups is 2. The molecular weight excluding hydrogens is 496 g/mol. The molecule has 37 heavy (non-hydrogen) atoms. The van der Waals surface area contributed by atoms with Crippen molar-refractivity contribution >= 4 is 23.4 Å². The lowest BCUT2D eigenvalue weighted by atomic mass is 9.99. The monoisotopic (exact) mass is 528 g/mol. The van der Waals surface area contributed by atoms with Gasteiger partial charge in [-0.3, -0.25) is 4.79 Å². The van der Waals surface area contributed by atoms with Crippen molar-refractivity contribution in [2.45, 2.75) is 45.6 Å². The molecule has 0 bridgehead atoms. The van der Waals surface area contributed by atoms with Gasteiger partial charge >= 0.3 is 5.97 Å². The Morgan fingerprint density at radius 2 is 1.59 bits per heavy atom. The van der Waals surface area contributed by atoms with Gasteiger partial charge in [-0.05, 0) is 38.3 Å². The van der Waals surface area contributed by atoms with Crippen LogP contribution in [-0.4, -0.2) is 38.6 Å². The Morgan fingerprint density at radius 3 is 2.30 bits per heavy atom. The molecule has 0 amide bonds. The van der Waals surface area contributed by atoms with Crippen molar-refractivity contribution in [3.05, 3.63) is 82.4 Å². The molecule has 1 aliphatic rings. The summed E-state index contributed by atoms with van der Waals surface area (Å²) < 4.78 is 28.2. The van der Waals surface area contributed by atoms with E-state index in [2.05, 4.69) is 0 Å². The number of benzene rings is 2. The number of hydrogen-bond donors (Lipinski definition) is 0. The van der Waals surface area contributed by atoms with E-state index >= 15 is 0 Å². The summed E-state index contributed by atoms with van der Waals surface area (Å²) in [6.45, 7) is 4.36. The van der Waals surface area contributed by atoms with Gasteiger partial charge < -0.3 is 23.7 Å². The van der Waals surface area contributed by atoms with Crippen LogP contribution in [0.4, 0.5) is 0 Å². The lowest BCUT2D eigenvalue weighted by Gasteiger charge is -2.22. The fourth-order valence-corrected chi connectivity index (χ4v) is 4.00. The second-order valence-corrected chi connectivity index (χ2v) is 8.56. The molecule has 1 aliphatic heterocycles. The van der Waals surface area contributed by atoms with Crippen LogP contribution in [0.2, 0.25) is 5.02 Å².